The minimum Gasteiger partial charge on any atom is -0.494 e. The number of aromatic amines is 1. The van der Waals surface area contributed by atoms with Crippen LogP contribution in [-0.4, -0.2) is 25.2 Å². The van der Waals surface area contributed by atoms with E-state index in [1.54, 1.807) is 0 Å². The Labute approximate surface area is 108 Å². The molecule has 0 radical (unpaired) electrons. The van der Waals surface area contributed by atoms with Crippen molar-refractivity contribution >= 4 is 5.97 Å². The molecular formula is C13H11F2NO3. The predicted molar refractivity (Wildman–Crippen MR) is 64.0 cm³/mol. The number of aromatic nitrogens is 1. The molecule has 0 bridgehead atoms. The Bertz CT molecular complexity index is 622. The number of carbonyl (C=O) groups excluding carboxylic acids is 1. The summed E-state index contributed by atoms with van der Waals surface area (Å²) in [6, 6.07) is 3.14. The van der Waals surface area contributed by atoms with Gasteiger partial charge in [-0.25, -0.2) is 13.6 Å². The monoisotopic (exact) mass is 267 g/mol. The third kappa shape index (κ3) is 2.29. The first-order chi connectivity index (χ1) is 9.08. The van der Waals surface area contributed by atoms with Crippen molar-refractivity contribution in [2.45, 2.75) is 0 Å². The van der Waals surface area contributed by atoms with E-state index in [4.69, 9.17) is 4.74 Å². The summed E-state index contributed by atoms with van der Waals surface area (Å²) in [6.45, 7) is 0. The maximum Gasteiger partial charge on any atom is 0.343 e. The average Bonchev–Trinajstić information content (AvgIpc) is 2.81. The smallest absolute Gasteiger partial charge is 0.343 e. The van der Waals surface area contributed by atoms with Crippen molar-refractivity contribution in [2.75, 3.05) is 14.2 Å². The van der Waals surface area contributed by atoms with Gasteiger partial charge in [-0.2, -0.15) is 0 Å². The summed E-state index contributed by atoms with van der Waals surface area (Å²) < 4.78 is 36.3. The van der Waals surface area contributed by atoms with Crippen LogP contribution in [0.3, 0.4) is 0 Å². The molecule has 6 heteroatoms. The highest BCUT2D eigenvalue weighted by atomic mass is 19.1. The van der Waals surface area contributed by atoms with E-state index in [1.165, 1.54) is 26.5 Å². The van der Waals surface area contributed by atoms with Crippen molar-refractivity contribution in [3.63, 3.8) is 0 Å². The van der Waals surface area contributed by atoms with Crippen molar-refractivity contribution in [1.29, 1.82) is 0 Å². The molecule has 1 heterocycles. The summed E-state index contributed by atoms with van der Waals surface area (Å²) >= 11 is 0. The maximum absolute atomic E-state index is 13.7. The molecule has 19 heavy (non-hydrogen) atoms. The van der Waals surface area contributed by atoms with Crippen LogP contribution in [0.4, 0.5) is 8.78 Å². The first-order valence-electron chi connectivity index (χ1n) is 5.37. The molecule has 1 aromatic heterocycles. The van der Waals surface area contributed by atoms with Crippen LogP contribution < -0.4 is 4.74 Å². The van der Waals surface area contributed by atoms with Gasteiger partial charge in [0, 0.05) is 17.8 Å². The van der Waals surface area contributed by atoms with Gasteiger partial charge in [-0.1, -0.05) is 0 Å². The van der Waals surface area contributed by atoms with E-state index in [2.05, 4.69) is 9.72 Å². The van der Waals surface area contributed by atoms with Gasteiger partial charge < -0.3 is 14.5 Å². The number of esters is 1. The standard InChI is InChI=1S/C13H11F2NO3/c1-18-12-9(13(17)19-2)6-16-11(12)8-4-3-7(14)5-10(8)15/h3-6,16H,1-2H3. The van der Waals surface area contributed by atoms with Crippen LogP contribution >= 0.6 is 0 Å². The van der Waals surface area contributed by atoms with Crippen LogP contribution in [0.1, 0.15) is 10.4 Å². The number of hydrogen-bond donors (Lipinski definition) is 1. The zero-order valence-corrected chi connectivity index (χ0v) is 10.3. The van der Waals surface area contributed by atoms with Gasteiger partial charge in [0.2, 0.25) is 0 Å². The highest BCUT2D eigenvalue weighted by Crippen LogP contribution is 2.34. The molecule has 0 aliphatic carbocycles. The first-order valence-corrected chi connectivity index (χ1v) is 5.37. The van der Waals surface area contributed by atoms with Crippen LogP contribution in [0.15, 0.2) is 24.4 Å². The molecule has 2 rings (SSSR count). The highest BCUT2D eigenvalue weighted by Gasteiger charge is 2.21. The quantitative estimate of drug-likeness (QED) is 0.870. The van der Waals surface area contributed by atoms with Gasteiger partial charge in [0.15, 0.2) is 5.75 Å². The normalized spacial score (nSPS) is 10.3. The first kappa shape index (κ1) is 13.1. The van der Waals surface area contributed by atoms with Crippen molar-refractivity contribution in [3.05, 3.63) is 41.6 Å². The Balaban J connectivity index is 2.57. The van der Waals surface area contributed by atoms with Crippen molar-refractivity contribution in [3.8, 4) is 17.0 Å². The molecular weight excluding hydrogens is 256 g/mol. The summed E-state index contributed by atoms with van der Waals surface area (Å²) in [7, 11) is 2.58. The number of benzene rings is 1. The predicted octanol–water partition coefficient (Wildman–Crippen LogP) is 2.76. The largest absolute Gasteiger partial charge is 0.494 e. The van der Waals surface area contributed by atoms with Gasteiger partial charge in [0.1, 0.15) is 17.2 Å². The zero-order valence-electron chi connectivity index (χ0n) is 10.3. The van der Waals surface area contributed by atoms with Crippen LogP contribution in [0, 0.1) is 11.6 Å². The van der Waals surface area contributed by atoms with Gasteiger partial charge >= 0.3 is 5.97 Å². The lowest BCUT2D eigenvalue weighted by molar-refractivity contribution is 0.0597. The van der Waals surface area contributed by atoms with Gasteiger partial charge in [-0.15, -0.1) is 0 Å². The molecule has 0 aliphatic rings. The maximum atomic E-state index is 13.7. The summed E-state index contributed by atoms with van der Waals surface area (Å²) in [5.41, 5.74) is 0.498. The summed E-state index contributed by atoms with van der Waals surface area (Å²) in [4.78, 5) is 14.2. The SMILES string of the molecule is COC(=O)c1c[nH]c(-c2ccc(F)cc2F)c1OC. The number of halogens is 2. The van der Waals surface area contributed by atoms with E-state index >= 15 is 0 Å². The van der Waals surface area contributed by atoms with E-state index in [0.29, 0.717) is 0 Å². The number of hydrogen-bond acceptors (Lipinski definition) is 3. The molecule has 0 atom stereocenters. The fraction of sp³-hybridized carbons (Fsp3) is 0.154. The topological polar surface area (TPSA) is 51.3 Å². The van der Waals surface area contributed by atoms with E-state index < -0.39 is 17.6 Å². The fourth-order valence-electron chi connectivity index (χ4n) is 1.78. The summed E-state index contributed by atoms with van der Waals surface area (Å²) in [5.74, 6) is -1.89. The van der Waals surface area contributed by atoms with Crippen LogP contribution in [-0.2, 0) is 4.74 Å². The third-order valence-electron chi connectivity index (χ3n) is 2.64. The van der Waals surface area contributed by atoms with Gasteiger partial charge in [0.05, 0.1) is 19.9 Å². The molecule has 0 unspecified atom stereocenters. The lowest BCUT2D eigenvalue weighted by Gasteiger charge is -2.06. The molecule has 1 N–H and O–H groups in total. The van der Waals surface area contributed by atoms with Crippen molar-refractivity contribution in [2.24, 2.45) is 0 Å². The highest BCUT2D eigenvalue weighted by molar-refractivity contribution is 5.95. The van der Waals surface area contributed by atoms with E-state index in [-0.39, 0.29) is 22.6 Å². The van der Waals surface area contributed by atoms with Crippen LogP contribution in [0.5, 0.6) is 5.75 Å². The second-order valence-electron chi connectivity index (χ2n) is 3.73. The van der Waals surface area contributed by atoms with Crippen LogP contribution in [0.2, 0.25) is 0 Å². The second-order valence-corrected chi connectivity index (χ2v) is 3.73. The molecule has 100 valence electrons. The Hall–Kier alpha value is -2.37. The zero-order chi connectivity index (χ0) is 14.0. The number of H-pyrrole nitrogens is 1. The summed E-state index contributed by atoms with van der Waals surface area (Å²) in [6.07, 6.45) is 1.35. The second kappa shape index (κ2) is 5.09. The summed E-state index contributed by atoms with van der Waals surface area (Å²) in [5, 5.41) is 0. The van der Waals surface area contributed by atoms with E-state index in [0.717, 1.165) is 12.1 Å². The minimum absolute atomic E-state index is 0.105. The third-order valence-corrected chi connectivity index (χ3v) is 2.64. The molecule has 2 aromatic rings. The van der Waals surface area contributed by atoms with E-state index in [1.807, 2.05) is 0 Å². The molecule has 1 aromatic carbocycles. The fourth-order valence-corrected chi connectivity index (χ4v) is 1.78. The van der Waals surface area contributed by atoms with Crippen molar-refractivity contribution < 1.29 is 23.0 Å². The lowest BCUT2D eigenvalue weighted by atomic mass is 10.1. The van der Waals surface area contributed by atoms with Gasteiger partial charge in [-0.3, -0.25) is 0 Å². The van der Waals surface area contributed by atoms with Gasteiger partial charge in [0.25, 0.3) is 0 Å². The van der Waals surface area contributed by atoms with Crippen molar-refractivity contribution in [1.82, 2.24) is 4.98 Å². The van der Waals surface area contributed by atoms with Crippen LogP contribution in [0.25, 0.3) is 11.3 Å². The molecule has 0 aliphatic heterocycles. The molecule has 0 saturated carbocycles. The number of ether oxygens (including phenoxy) is 2. The number of methoxy groups -OCH3 is 2. The van der Waals surface area contributed by atoms with E-state index in [9.17, 15) is 13.6 Å². The number of carbonyl (C=O) groups is 1. The average molecular weight is 267 g/mol. The number of nitrogens with one attached hydrogen (secondary N) is 1. The minimum atomic E-state index is -0.753. The molecule has 4 nitrogen and oxygen atoms in total. The Kier molecular flexibility index (Phi) is 3.50. The molecule has 0 fully saturated rings. The lowest BCUT2D eigenvalue weighted by Crippen LogP contribution is -2.01. The van der Waals surface area contributed by atoms with Gasteiger partial charge in [-0.05, 0) is 12.1 Å². The molecule has 0 saturated heterocycles. The Morgan fingerprint density at radius 3 is 2.58 bits per heavy atom. The Morgan fingerprint density at radius 1 is 1.26 bits per heavy atom. The Morgan fingerprint density at radius 2 is 2.00 bits per heavy atom. The molecule has 0 amide bonds. The number of rotatable bonds is 3. The molecule has 0 spiro atoms.